The monoisotopic (exact) mass is 372 g/mol. The summed E-state index contributed by atoms with van der Waals surface area (Å²) in [6.07, 6.45) is 1.81. The molecule has 0 bridgehead atoms. The summed E-state index contributed by atoms with van der Waals surface area (Å²) in [7, 11) is 0. The predicted octanol–water partition coefficient (Wildman–Crippen LogP) is 6.09. The van der Waals surface area contributed by atoms with Gasteiger partial charge >= 0.3 is 0 Å². The van der Waals surface area contributed by atoms with Crippen molar-refractivity contribution in [3.8, 4) is 16.9 Å². The van der Waals surface area contributed by atoms with E-state index in [1.54, 1.807) is 0 Å². The largest absolute Gasteiger partial charge is 0.493 e. The molecule has 3 nitrogen and oxygen atoms in total. The molecule has 0 fully saturated rings. The number of ether oxygens (including phenoxy) is 1. The highest BCUT2D eigenvalue weighted by Gasteiger charge is 2.08. The molecule has 3 aromatic rings. The van der Waals surface area contributed by atoms with E-state index in [-0.39, 0.29) is 0 Å². The minimum absolute atomic E-state index is 0.575. The van der Waals surface area contributed by atoms with Gasteiger partial charge in [-0.05, 0) is 67.3 Å². The van der Waals surface area contributed by atoms with Crippen LogP contribution in [-0.4, -0.2) is 11.6 Å². The number of nitrogens with one attached hydrogen (secondary N) is 1. The van der Waals surface area contributed by atoms with Crippen molar-refractivity contribution in [1.29, 1.82) is 0 Å². The molecule has 0 aliphatic carbocycles. The molecule has 0 radical (unpaired) electrons. The summed E-state index contributed by atoms with van der Waals surface area (Å²) in [5.41, 5.74) is 5.78. The van der Waals surface area contributed by atoms with Crippen LogP contribution in [0.25, 0.3) is 11.1 Å². The molecule has 25 heavy (non-hydrogen) atoms. The van der Waals surface area contributed by atoms with Gasteiger partial charge in [-0.1, -0.05) is 23.7 Å². The van der Waals surface area contributed by atoms with E-state index in [1.165, 1.54) is 22.5 Å². The van der Waals surface area contributed by atoms with Crippen molar-refractivity contribution in [2.24, 2.45) is 0 Å². The number of aryl methyl sites for hydroxylation is 2. The van der Waals surface area contributed by atoms with E-state index in [0.29, 0.717) is 11.1 Å². The molecule has 5 heteroatoms. The second-order valence-corrected chi connectivity index (χ2v) is 7.58. The van der Waals surface area contributed by atoms with Crippen molar-refractivity contribution in [1.82, 2.24) is 4.98 Å². The first-order valence-corrected chi connectivity index (χ1v) is 9.45. The Morgan fingerprint density at radius 1 is 1.12 bits per heavy atom. The van der Waals surface area contributed by atoms with Crippen LogP contribution in [0.4, 0.5) is 5.69 Å². The van der Waals surface area contributed by atoms with Crippen LogP contribution in [0.15, 0.2) is 42.6 Å². The lowest BCUT2D eigenvalue weighted by Gasteiger charge is -2.14. The number of halogens is 1. The van der Waals surface area contributed by atoms with E-state index in [4.69, 9.17) is 16.3 Å². The molecule has 1 heterocycles. The second kappa shape index (κ2) is 7.89. The van der Waals surface area contributed by atoms with Gasteiger partial charge < -0.3 is 10.1 Å². The summed E-state index contributed by atoms with van der Waals surface area (Å²) in [5.74, 6) is 0.989. The van der Waals surface area contributed by atoms with E-state index in [0.717, 1.165) is 34.0 Å². The smallest absolute Gasteiger partial charge is 0.183 e. The van der Waals surface area contributed by atoms with Gasteiger partial charge in [-0.2, -0.15) is 0 Å². The molecule has 0 amide bonds. The number of hydrogen-bond donors (Lipinski definition) is 1. The first-order valence-electron chi connectivity index (χ1n) is 8.25. The van der Waals surface area contributed by atoms with Crippen molar-refractivity contribution < 1.29 is 4.74 Å². The van der Waals surface area contributed by atoms with E-state index >= 15 is 0 Å². The molecular weight excluding hydrogens is 352 g/mol. The molecule has 0 unspecified atom stereocenters. The van der Waals surface area contributed by atoms with Crippen LogP contribution >= 0.6 is 22.9 Å². The maximum absolute atomic E-state index is 5.88. The van der Waals surface area contributed by atoms with E-state index in [9.17, 15) is 0 Å². The molecule has 130 valence electrons. The fourth-order valence-electron chi connectivity index (χ4n) is 2.85. The van der Waals surface area contributed by atoms with Gasteiger partial charge in [0.05, 0.1) is 13.2 Å². The third-order valence-electron chi connectivity index (χ3n) is 3.94. The highest BCUT2D eigenvalue weighted by molar-refractivity contribution is 7.15. The summed E-state index contributed by atoms with van der Waals surface area (Å²) in [4.78, 5) is 5.18. The van der Waals surface area contributed by atoms with Gasteiger partial charge in [0.1, 0.15) is 5.75 Å². The fourth-order valence-corrected chi connectivity index (χ4v) is 3.77. The van der Waals surface area contributed by atoms with Crippen LogP contribution in [0.2, 0.25) is 4.47 Å². The van der Waals surface area contributed by atoms with Crippen LogP contribution in [0.5, 0.6) is 5.75 Å². The lowest BCUT2D eigenvalue weighted by molar-refractivity contribution is 0.335. The minimum Gasteiger partial charge on any atom is -0.493 e. The average Bonchev–Trinajstić information content (AvgIpc) is 3.02. The SMILES string of the molecule is CCOc1c(C)cc(-c2cccc(NCc3cnc(Cl)s3)c2)cc1C. The van der Waals surface area contributed by atoms with Crippen LogP contribution in [-0.2, 0) is 6.54 Å². The van der Waals surface area contributed by atoms with Crippen molar-refractivity contribution in [3.05, 3.63) is 63.1 Å². The minimum atomic E-state index is 0.575. The molecule has 0 aliphatic rings. The number of nitrogens with zero attached hydrogens (tertiary/aromatic N) is 1. The Morgan fingerprint density at radius 3 is 2.52 bits per heavy atom. The van der Waals surface area contributed by atoms with Gasteiger partial charge in [0.15, 0.2) is 4.47 Å². The molecule has 0 aliphatic heterocycles. The molecule has 0 atom stereocenters. The van der Waals surface area contributed by atoms with Crippen LogP contribution in [0.1, 0.15) is 22.9 Å². The normalized spacial score (nSPS) is 10.7. The molecule has 0 spiro atoms. The standard InChI is InChI=1S/C20H21ClN2OS/c1-4-24-19-13(2)8-16(9-14(19)3)15-6-5-7-17(10-15)22-11-18-12-23-20(21)25-18/h5-10,12,22H,4,11H2,1-3H3. The Kier molecular flexibility index (Phi) is 5.61. The highest BCUT2D eigenvalue weighted by Crippen LogP contribution is 2.31. The van der Waals surface area contributed by atoms with Crippen LogP contribution in [0.3, 0.4) is 0 Å². The van der Waals surface area contributed by atoms with Crippen molar-refractivity contribution in [3.63, 3.8) is 0 Å². The van der Waals surface area contributed by atoms with E-state index in [1.807, 2.05) is 13.1 Å². The third kappa shape index (κ3) is 4.33. The number of rotatable bonds is 6. The van der Waals surface area contributed by atoms with Gasteiger partial charge in [0.2, 0.25) is 0 Å². The zero-order valence-electron chi connectivity index (χ0n) is 14.6. The Labute approximate surface area is 157 Å². The zero-order valence-corrected chi connectivity index (χ0v) is 16.2. The quantitative estimate of drug-likeness (QED) is 0.568. The van der Waals surface area contributed by atoms with E-state index < -0.39 is 0 Å². The number of benzene rings is 2. The number of aromatic nitrogens is 1. The van der Waals surface area contributed by atoms with Gasteiger partial charge in [-0.3, -0.25) is 0 Å². The average molecular weight is 373 g/mol. The first-order chi connectivity index (χ1) is 12.1. The zero-order chi connectivity index (χ0) is 17.8. The van der Waals surface area contributed by atoms with Gasteiger partial charge in [-0.15, -0.1) is 11.3 Å². The van der Waals surface area contributed by atoms with Crippen LogP contribution < -0.4 is 10.1 Å². The van der Waals surface area contributed by atoms with E-state index in [2.05, 4.69) is 60.5 Å². The molecule has 0 saturated carbocycles. The Balaban J connectivity index is 1.81. The fraction of sp³-hybridized carbons (Fsp3) is 0.250. The maximum atomic E-state index is 5.88. The molecule has 0 saturated heterocycles. The predicted molar refractivity (Wildman–Crippen MR) is 107 cm³/mol. The summed E-state index contributed by atoms with van der Waals surface area (Å²) >= 11 is 7.38. The molecule has 3 rings (SSSR count). The summed E-state index contributed by atoms with van der Waals surface area (Å²) in [6.45, 7) is 7.60. The summed E-state index contributed by atoms with van der Waals surface area (Å²) in [5, 5.41) is 3.43. The summed E-state index contributed by atoms with van der Waals surface area (Å²) < 4.78 is 6.32. The highest BCUT2D eigenvalue weighted by atomic mass is 35.5. The van der Waals surface area contributed by atoms with Crippen molar-refractivity contribution in [2.75, 3.05) is 11.9 Å². The molecule has 2 aromatic carbocycles. The van der Waals surface area contributed by atoms with Crippen molar-refractivity contribution in [2.45, 2.75) is 27.3 Å². The lowest BCUT2D eigenvalue weighted by atomic mass is 9.99. The van der Waals surface area contributed by atoms with Gasteiger partial charge in [-0.25, -0.2) is 4.98 Å². The summed E-state index contributed by atoms with van der Waals surface area (Å²) in [6, 6.07) is 12.8. The maximum Gasteiger partial charge on any atom is 0.183 e. The Morgan fingerprint density at radius 2 is 1.88 bits per heavy atom. The number of thiazole rings is 1. The lowest BCUT2D eigenvalue weighted by Crippen LogP contribution is -1.98. The van der Waals surface area contributed by atoms with Crippen molar-refractivity contribution >= 4 is 28.6 Å². The molecule has 1 N–H and O–H groups in total. The first kappa shape index (κ1) is 17.8. The van der Waals surface area contributed by atoms with Crippen LogP contribution in [0, 0.1) is 13.8 Å². The van der Waals surface area contributed by atoms with Gasteiger partial charge in [0, 0.05) is 16.8 Å². The van der Waals surface area contributed by atoms with Gasteiger partial charge in [0.25, 0.3) is 0 Å². The topological polar surface area (TPSA) is 34.1 Å². The molecular formula is C20H21ClN2OS. The Bertz CT molecular complexity index is 853. The Hall–Kier alpha value is -2.04. The number of anilines is 1. The molecule has 1 aromatic heterocycles. The number of hydrogen-bond acceptors (Lipinski definition) is 4. The second-order valence-electron chi connectivity index (χ2n) is 5.89. The third-order valence-corrected chi connectivity index (χ3v) is 5.05.